The number of H-pyrrole nitrogens is 1. The molecular weight excluding hydrogens is 364 g/mol. The van der Waals surface area contributed by atoms with Crippen LogP contribution < -0.4 is 5.32 Å². The number of aromatic amines is 1. The van der Waals surface area contributed by atoms with E-state index in [0.717, 1.165) is 12.0 Å². The van der Waals surface area contributed by atoms with Gasteiger partial charge in [0.1, 0.15) is 4.90 Å². The van der Waals surface area contributed by atoms with E-state index >= 15 is 0 Å². The Morgan fingerprint density at radius 2 is 2.04 bits per heavy atom. The lowest BCUT2D eigenvalue weighted by atomic mass is 9.99. The van der Waals surface area contributed by atoms with Crippen LogP contribution in [0, 0.1) is 19.8 Å². The molecule has 1 aliphatic rings. The van der Waals surface area contributed by atoms with Gasteiger partial charge in [0.25, 0.3) is 0 Å². The van der Waals surface area contributed by atoms with E-state index in [1.807, 2.05) is 30.3 Å². The number of benzene rings is 1. The summed E-state index contributed by atoms with van der Waals surface area (Å²) >= 11 is 0. The summed E-state index contributed by atoms with van der Waals surface area (Å²) in [6.07, 6.45) is 2.13. The van der Waals surface area contributed by atoms with Crippen molar-refractivity contribution in [3.63, 3.8) is 0 Å². The molecule has 2 heterocycles. The third-order valence-corrected chi connectivity index (χ3v) is 7.10. The Balaban J connectivity index is 1.61. The average Bonchev–Trinajstić information content (AvgIpc) is 3.01. The number of carbonyl (C=O) groups excluding carboxylic acids is 1. The predicted octanol–water partition coefficient (Wildman–Crippen LogP) is 1.79. The highest BCUT2D eigenvalue weighted by Crippen LogP contribution is 2.26. The van der Waals surface area contributed by atoms with Gasteiger partial charge in [-0.1, -0.05) is 30.3 Å². The van der Waals surface area contributed by atoms with Gasteiger partial charge in [-0.2, -0.15) is 9.40 Å². The molecule has 27 heavy (non-hydrogen) atoms. The quantitative estimate of drug-likeness (QED) is 0.786. The number of hydrogen-bond donors (Lipinski definition) is 2. The molecule has 1 amide bonds. The van der Waals surface area contributed by atoms with Crippen LogP contribution in [0.2, 0.25) is 0 Å². The standard InChI is InChI=1S/C19H26N4O3S/c1-14-18(15(2)22-21-14)27(25,26)23-12-6-9-17(13-23)19(24)20-11-10-16-7-4-3-5-8-16/h3-5,7-8,17H,6,9-13H2,1-2H3,(H,20,24)(H,21,22). The highest BCUT2D eigenvalue weighted by molar-refractivity contribution is 7.89. The number of nitrogens with one attached hydrogen (secondary N) is 2. The van der Waals surface area contributed by atoms with Crippen molar-refractivity contribution >= 4 is 15.9 Å². The van der Waals surface area contributed by atoms with Crippen molar-refractivity contribution < 1.29 is 13.2 Å². The summed E-state index contributed by atoms with van der Waals surface area (Å²) in [7, 11) is -3.65. The Morgan fingerprint density at radius 1 is 1.30 bits per heavy atom. The topological polar surface area (TPSA) is 95.2 Å². The fraction of sp³-hybridized carbons (Fsp3) is 0.474. The fourth-order valence-electron chi connectivity index (χ4n) is 3.54. The van der Waals surface area contributed by atoms with Crippen molar-refractivity contribution in [2.75, 3.05) is 19.6 Å². The third-order valence-electron chi connectivity index (χ3n) is 4.97. The van der Waals surface area contributed by atoms with Gasteiger partial charge in [-0.25, -0.2) is 8.42 Å². The number of nitrogens with zero attached hydrogens (tertiary/aromatic N) is 2. The molecule has 0 aliphatic carbocycles. The molecule has 7 nitrogen and oxygen atoms in total. The number of amides is 1. The number of piperidine rings is 1. The predicted molar refractivity (Wildman–Crippen MR) is 103 cm³/mol. The average molecular weight is 391 g/mol. The molecule has 1 aromatic heterocycles. The van der Waals surface area contributed by atoms with Crippen LogP contribution in [0.1, 0.15) is 29.8 Å². The lowest BCUT2D eigenvalue weighted by Gasteiger charge is -2.31. The Bertz CT molecular complexity index is 873. The van der Waals surface area contributed by atoms with Crippen LogP contribution >= 0.6 is 0 Å². The van der Waals surface area contributed by atoms with E-state index in [2.05, 4.69) is 15.5 Å². The Labute approximate surface area is 160 Å². The number of rotatable bonds is 6. The number of hydrogen-bond acceptors (Lipinski definition) is 4. The second-order valence-corrected chi connectivity index (χ2v) is 8.87. The molecule has 1 saturated heterocycles. The second kappa shape index (κ2) is 8.22. The van der Waals surface area contributed by atoms with Crippen LogP contribution in [0.4, 0.5) is 0 Å². The van der Waals surface area contributed by atoms with Gasteiger partial charge >= 0.3 is 0 Å². The van der Waals surface area contributed by atoms with Crippen molar-refractivity contribution in [3.05, 3.63) is 47.3 Å². The van der Waals surface area contributed by atoms with Crippen LogP contribution in [-0.2, 0) is 21.2 Å². The largest absolute Gasteiger partial charge is 0.355 e. The van der Waals surface area contributed by atoms with Gasteiger partial charge in [0.05, 0.1) is 17.3 Å². The van der Waals surface area contributed by atoms with Crippen LogP contribution in [0.3, 0.4) is 0 Å². The van der Waals surface area contributed by atoms with E-state index in [1.54, 1.807) is 13.8 Å². The lowest BCUT2D eigenvalue weighted by molar-refractivity contribution is -0.126. The molecule has 146 valence electrons. The summed E-state index contributed by atoms with van der Waals surface area (Å²) in [5.74, 6) is -0.400. The van der Waals surface area contributed by atoms with Gasteiger partial charge in [-0.15, -0.1) is 0 Å². The molecular formula is C19H26N4O3S. The zero-order valence-corrected chi connectivity index (χ0v) is 16.6. The minimum atomic E-state index is -3.65. The number of aryl methyl sites for hydroxylation is 2. The molecule has 0 bridgehead atoms. The van der Waals surface area contributed by atoms with Crippen molar-refractivity contribution in [1.29, 1.82) is 0 Å². The van der Waals surface area contributed by atoms with Crippen LogP contribution in [-0.4, -0.2) is 48.5 Å². The molecule has 3 rings (SSSR count). The first kappa shape index (κ1) is 19.6. The number of sulfonamides is 1. The SMILES string of the molecule is Cc1n[nH]c(C)c1S(=O)(=O)N1CCCC(C(=O)NCCc2ccccc2)C1. The molecule has 0 spiro atoms. The van der Waals surface area contributed by atoms with Crippen LogP contribution in [0.15, 0.2) is 35.2 Å². The van der Waals surface area contributed by atoms with Gasteiger partial charge in [0.15, 0.2) is 0 Å². The first-order chi connectivity index (χ1) is 12.9. The minimum absolute atomic E-state index is 0.0773. The van der Waals surface area contributed by atoms with Gasteiger partial charge in [-0.3, -0.25) is 9.89 Å². The van der Waals surface area contributed by atoms with Gasteiger partial charge in [0.2, 0.25) is 15.9 Å². The van der Waals surface area contributed by atoms with Crippen molar-refractivity contribution in [2.45, 2.75) is 38.0 Å². The van der Waals surface area contributed by atoms with Crippen molar-refractivity contribution in [3.8, 4) is 0 Å². The normalized spacial score (nSPS) is 18.4. The molecule has 1 aliphatic heterocycles. The van der Waals surface area contributed by atoms with E-state index in [-0.39, 0.29) is 23.3 Å². The summed E-state index contributed by atoms with van der Waals surface area (Å²) in [6, 6.07) is 9.96. The number of aromatic nitrogens is 2. The summed E-state index contributed by atoms with van der Waals surface area (Å²) < 4.78 is 27.4. The molecule has 1 aromatic carbocycles. The summed E-state index contributed by atoms with van der Waals surface area (Å²) in [5, 5.41) is 9.67. The minimum Gasteiger partial charge on any atom is -0.355 e. The highest BCUT2D eigenvalue weighted by Gasteiger charge is 2.35. The Kier molecular flexibility index (Phi) is 5.96. The summed E-state index contributed by atoms with van der Waals surface area (Å²) in [5.41, 5.74) is 2.15. The van der Waals surface area contributed by atoms with Gasteiger partial charge < -0.3 is 5.32 Å². The Hall–Kier alpha value is -2.19. The first-order valence-corrected chi connectivity index (χ1v) is 10.7. The van der Waals surface area contributed by atoms with Gasteiger partial charge in [-0.05, 0) is 38.7 Å². The van der Waals surface area contributed by atoms with Gasteiger partial charge in [0, 0.05) is 19.6 Å². The highest BCUT2D eigenvalue weighted by atomic mass is 32.2. The molecule has 2 aromatic rings. The second-order valence-electron chi connectivity index (χ2n) is 6.99. The molecule has 2 N–H and O–H groups in total. The maximum Gasteiger partial charge on any atom is 0.246 e. The summed E-state index contributed by atoms with van der Waals surface area (Å²) in [6.45, 7) is 4.56. The Morgan fingerprint density at radius 3 is 2.70 bits per heavy atom. The fourth-order valence-corrected chi connectivity index (χ4v) is 5.40. The van der Waals surface area contributed by atoms with Crippen molar-refractivity contribution in [2.24, 2.45) is 5.92 Å². The van der Waals surface area contributed by atoms with E-state index < -0.39 is 10.0 Å². The lowest BCUT2D eigenvalue weighted by Crippen LogP contribution is -2.45. The zero-order valence-electron chi connectivity index (χ0n) is 15.7. The maximum absolute atomic E-state index is 13.0. The smallest absolute Gasteiger partial charge is 0.246 e. The molecule has 0 saturated carbocycles. The van der Waals surface area contributed by atoms with Crippen LogP contribution in [0.25, 0.3) is 0 Å². The number of carbonyl (C=O) groups is 1. The monoisotopic (exact) mass is 390 g/mol. The molecule has 1 unspecified atom stereocenters. The van der Waals surface area contributed by atoms with E-state index in [9.17, 15) is 13.2 Å². The van der Waals surface area contributed by atoms with E-state index in [0.29, 0.717) is 37.3 Å². The summed E-state index contributed by atoms with van der Waals surface area (Å²) in [4.78, 5) is 12.8. The zero-order chi connectivity index (χ0) is 19.4. The van der Waals surface area contributed by atoms with E-state index in [4.69, 9.17) is 0 Å². The maximum atomic E-state index is 13.0. The molecule has 0 radical (unpaired) electrons. The van der Waals surface area contributed by atoms with Crippen LogP contribution in [0.5, 0.6) is 0 Å². The molecule has 1 fully saturated rings. The first-order valence-electron chi connectivity index (χ1n) is 9.23. The van der Waals surface area contributed by atoms with Crippen molar-refractivity contribution in [1.82, 2.24) is 19.8 Å². The third kappa shape index (κ3) is 4.39. The van der Waals surface area contributed by atoms with E-state index in [1.165, 1.54) is 4.31 Å². The molecule has 1 atom stereocenters. The molecule has 8 heteroatoms.